The Labute approximate surface area is 138 Å². The van der Waals surface area contributed by atoms with Crippen LogP contribution in [0.2, 0.25) is 5.32 Å². The minimum atomic E-state index is -1.02. The zero-order valence-corrected chi connectivity index (χ0v) is 14.4. The predicted octanol–water partition coefficient (Wildman–Crippen LogP) is 0.703. The fourth-order valence-corrected chi connectivity index (χ4v) is 6.14. The normalized spacial score (nSPS) is 24.0. The molecule has 0 unspecified atom stereocenters. The first-order chi connectivity index (χ1) is 10.6. The third kappa shape index (κ3) is 2.70. The number of ether oxygens (including phenoxy) is 1. The molecular weight excluding hydrogens is 369 g/mol. The van der Waals surface area contributed by atoms with Crippen LogP contribution in [0.1, 0.15) is 0 Å². The number of fused-ring (bicyclic) bond motifs is 1. The van der Waals surface area contributed by atoms with E-state index in [9.17, 15) is 14.7 Å². The molecule has 0 aliphatic carbocycles. The van der Waals surface area contributed by atoms with Crippen LogP contribution in [0, 0.1) is 0 Å². The van der Waals surface area contributed by atoms with Crippen molar-refractivity contribution in [3.05, 3.63) is 41.6 Å². The van der Waals surface area contributed by atoms with E-state index in [4.69, 9.17) is 4.74 Å². The van der Waals surface area contributed by atoms with Crippen LogP contribution < -0.4 is 4.46 Å². The molecule has 1 N–H and O–H groups in total. The second-order valence-electron chi connectivity index (χ2n) is 4.93. The van der Waals surface area contributed by atoms with E-state index in [1.165, 1.54) is 16.5 Å². The maximum atomic E-state index is 12.1. The van der Waals surface area contributed by atoms with Gasteiger partial charge in [0.25, 0.3) is 0 Å². The van der Waals surface area contributed by atoms with E-state index in [1.54, 1.807) is 11.8 Å². The number of carbonyl (C=O) groups excluding carboxylic acids is 1. The van der Waals surface area contributed by atoms with Crippen molar-refractivity contribution in [2.45, 2.75) is 16.8 Å². The van der Waals surface area contributed by atoms with Gasteiger partial charge in [0.2, 0.25) is 0 Å². The van der Waals surface area contributed by atoms with Gasteiger partial charge in [-0.05, 0) is 0 Å². The van der Waals surface area contributed by atoms with Crippen LogP contribution in [0.4, 0.5) is 0 Å². The minimum absolute atomic E-state index is 0.166. The summed E-state index contributed by atoms with van der Waals surface area (Å²) in [7, 11) is 1.48. The molecule has 2 aliphatic rings. The number of carboxylic acids is 1. The molecule has 1 fully saturated rings. The fraction of sp³-hybridized carbons (Fsp3) is 0.333. The molecule has 0 saturated carbocycles. The molecule has 22 heavy (non-hydrogen) atoms. The van der Waals surface area contributed by atoms with E-state index in [-0.39, 0.29) is 31.9 Å². The average molecular weight is 384 g/mol. The summed E-state index contributed by atoms with van der Waals surface area (Å²) in [5, 5.41) is 10.0. The first-order valence-electron chi connectivity index (χ1n) is 6.74. The SMILES string of the molecule is CO[C@H]1C(=O)N2C(C(=O)O)=C(C[Se]c3ccccc3)CS[C@H]12. The molecule has 116 valence electrons. The Kier molecular flexibility index (Phi) is 4.59. The monoisotopic (exact) mass is 385 g/mol. The molecule has 1 saturated heterocycles. The molecule has 1 aromatic carbocycles. The summed E-state index contributed by atoms with van der Waals surface area (Å²) >= 11 is 1.75. The maximum absolute atomic E-state index is 12.1. The molecule has 2 heterocycles. The van der Waals surface area contributed by atoms with Gasteiger partial charge in [-0.25, -0.2) is 0 Å². The molecule has 5 nitrogen and oxygen atoms in total. The van der Waals surface area contributed by atoms with Crippen molar-refractivity contribution < 1.29 is 19.4 Å². The van der Waals surface area contributed by atoms with Gasteiger partial charge in [-0.15, -0.1) is 0 Å². The number of nitrogens with zero attached hydrogens (tertiary/aromatic N) is 1. The van der Waals surface area contributed by atoms with Crippen molar-refractivity contribution in [1.29, 1.82) is 0 Å². The van der Waals surface area contributed by atoms with E-state index in [2.05, 4.69) is 12.1 Å². The molecule has 3 rings (SSSR count). The van der Waals surface area contributed by atoms with Gasteiger partial charge in [0.1, 0.15) is 0 Å². The van der Waals surface area contributed by atoms with E-state index < -0.39 is 12.1 Å². The molecule has 7 heteroatoms. The summed E-state index contributed by atoms with van der Waals surface area (Å²) in [5.74, 6) is -0.626. The Bertz CT molecular complexity index is 634. The van der Waals surface area contributed by atoms with E-state index >= 15 is 0 Å². The third-order valence-electron chi connectivity index (χ3n) is 3.61. The molecular formula is C15H15NO4SSe. The van der Waals surface area contributed by atoms with Crippen LogP contribution in [-0.4, -0.2) is 61.2 Å². The van der Waals surface area contributed by atoms with Gasteiger partial charge in [0.05, 0.1) is 0 Å². The van der Waals surface area contributed by atoms with Gasteiger partial charge in [-0.3, -0.25) is 0 Å². The van der Waals surface area contributed by atoms with E-state index in [0.717, 1.165) is 5.57 Å². The van der Waals surface area contributed by atoms with Crippen LogP contribution >= 0.6 is 11.8 Å². The van der Waals surface area contributed by atoms with Gasteiger partial charge in [-0.1, -0.05) is 0 Å². The topological polar surface area (TPSA) is 66.8 Å². The number of methoxy groups -OCH3 is 1. The number of aliphatic carboxylic acids is 1. The first-order valence-corrected chi connectivity index (χ1v) is 9.85. The Morgan fingerprint density at radius 2 is 2.18 bits per heavy atom. The molecule has 0 radical (unpaired) electrons. The number of benzene rings is 1. The van der Waals surface area contributed by atoms with Crippen LogP contribution in [0.25, 0.3) is 0 Å². The van der Waals surface area contributed by atoms with Crippen molar-refractivity contribution in [3.63, 3.8) is 0 Å². The van der Waals surface area contributed by atoms with Gasteiger partial charge in [0, 0.05) is 0 Å². The van der Waals surface area contributed by atoms with Crippen LogP contribution in [0.3, 0.4) is 0 Å². The van der Waals surface area contributed by atoms with E-state index in [0.29, 0.717) is 11.1 Å². The molecule has 0 bridgehead atoms. The zero-order chi connectivity index (χ0) is 15.7. The number of amides is 1. The summed E-state index contributed by atoms with van der Waals surface area (Å²) in [6.07, 6.45) is -0.513. The molecule has 2 aliphatic heterocycles. The Balaban J connectivity index is 1.80. The summed E-state index contributed by atoms with van der Waals surface area (Å²) < 4.78 is 6.36. The van der Waals surface area contributed by atoms with Crippen LogP contribution in [0.5, 0.6) is 0 Å². The molecule has 1 amide bonds. The summed E-state index contributed by atoms with van der Waals surface area (Å²) in [4.78, 5) is 25.1. The molecule has 2 atom stereocenters. The van der Waals surface area contributed by atoms with E-state index in [1.807, 2.05) is 18.2 Å². The van der Waals surface area contributed by atoms with Gasteiger partial charge in [0.15, 0.2) is 0 Å². The Hall–Kier alpha value is -1.27. The average Bonchev–Trinajstić information content (AvgIpc) is 2.53. The van der Waals surface area contributed by atoms with Crippen molar-refractivity contribution in [2.75, 3.05) is 12.9 Å². The summed E-state index contributed by atoms with van der Waals surface area (Å²) in [5.41, 5.74) is 1.01. The number of carbonyl (C=O) groups is 2. The molecule has 0 aromatic heterocycles. The predicted molar refractivity (Wildman–Crippen MR) is 85.2 cm³/mol. The number of β-lactam (4-membered cyclic amide) rings is 1. The number of thioether (sulfide) groups is 1. The second-order valence-corrected chi connectivity index (χ2v) is 8.23. The number of rotatable bonds is 5. The summed E-state index contributed by atoms with van der Waals surface area (Å²) in [6, 6.07) is 10.0. The zero-order valence-electron chi connectivity index (χ0n) is 11.9. The van der Waals surface area contributed by atoms with Crippen molar-refractivity contribution in [3.8, 4) is 0 Å². The second kappa shape index (κ2) is 6.46. The molecule has 0 spiro atoms. The first kappa shape index (κ1) is 15.6. The van der Waals surface area contributed by atoms with Crippen LogP contribution in [-0.2, 0) is 14.3 Å². The molecule has 1 aromatic rings. The van der Waals surface area contributed by atoms with Crippen molar-refractivity contribution in [1.82, 2.24) is 4.90 Å². The van der Waals surface area contributed by atoms with Gasteiger partial charge >= 0.3 is 139 Å². The summed E-state index contributed by atoms with van der Waals surface area (Å²) in [6.45, 7) is 0. The number of carboxylic acid groups (broad SMARTS) is 1. The number of hydrogen-bond donors (Lipinski definition) is 1. The Morgan fingerprint density at radius 3 is 2.82 bits per heavy atom. The van der Waals surface area contributed by atoms with Crippen LogP contribution in [0.15, 0.2) is 41.6 Å². The fourth-order valence-electron chi connectivity index (χ4n) is 2.53. The van der Waals surface area contributed by atoms with Gasteiger partial charge in [-0.2, -0.15) is 0 Å². The number of hydrogen-bond acceptors (Lipinski definition) is 4. The third-order valence-corrected chi connectivity index (χ3v) is 7.23. The van der Waals surface area contributed by atoms with Gasteiger partial charge < -0.3 is 0 Å². The Morgan fingerprint density at radius 1 is 1.45 bits per heavy atom. The van der Waals surface area contributed by atoms with Crippen molar-refractivity contribution in [2.24, 2.45) is 0 Å². The van der Waals surface area contributed by atoms with Crippen molar-refractivity contribution >= 4 is 43.1 Å². The standard InChI is InChI=1S/C15H15NO4SSe/c1-20-12-13(17)16-11(15(18)19)9(7-21-14(12)16)8-22-10-5-3-2-4-6-10/h2-6,12,14H,7-8H2,1H3,(H,18,19)/t12-,14+/m0/s1. The quantitative estimate of drug-likeness (QED) is 0.598.